The lowest BCUT2D eigenvalue weighted by Gasteiger charge is -2.35. The lowest BCUT2D eigenvalue weighted by molar-refractivity contribution is -0.132. The summed E-state index contributed by atoms with van der Waals surface area (Å²) in [5.74, 6) is 0.921. The molecule has 0 aliphatic carbocycles. The van der Waals surface area contributed by atoms with Crippen molar-refractivity contribution in [1.29, 1.82) is 0 Å². The van der Waals surface area contributed by atoms with Crippen LogP contribution in [0.1, 0.15) is 36.2 Å². The molecule has 0 saturated carbocycles. The SMILES string of the molecule is Cc1cc(C)n(-c2ncccc2NC(=O)C2=CSC(C3CCN(C(=O)CCc4ccccc4Cl)CC3)N2)n1. The minimum Gasteiger partial charge on any atom is -0.368 e. The predicted molar refractivity (Wildman–Crippen MR) is 151 cm³/mol. The van der Waals surface area contributed by atoms with Crippen LogP contribution in [-0.4, -0.2) is 49.9 Å². The minimum absolute atomic E-state index is 0.112. The molecule has 1 unspecified atom stereocenters. The quantitative estimate of drug-likeness (QED) is 0.437. The van der Waals surface area contributed by atoms with Crippen molar-refractivity contribution in [1.82, 2.24) is 25.0 Å². The van der Waals surface area contributed by atoms with Crippen LogP contribution in [0, 0.1) is 19.8 Å². The molecule has 1 aromatic carbocycles. The van der Waals surface area contributed by atoms with Gasteiger partial charge in [0.05, 0.1) is 16.8 Å². The number of nitrogens with one attached hydrogen (secondary N) is 2. The van der Waals surface area contributed by atoms with E-state index < -0.39 is 0 Å². The Labute approximate surface area is 231 Å². The van der Waals surface area contributed by atoms with E-state index in [2.05, 4.69) is 20.7 Å². The summed E-state index contributed by atoms with van der Waals surface area (Å²) in [7, 11) is 0. The van der Waals surface area contributed by atoms with Crippen LogP contribution in [0.25, 0.3) is 5.82 Å². The molecule has 2 amide bonds. The van der Waals surface area contributed by atoms with Gasteiger partial charge in [-0.3, -0.25) is 9.59 Å². The zero-order chi connectivity index (χ0) is 26.6. The molecule has 2 aliphatic heterocycles. The Kier molecular flexibility index (Phi) is 8.04. The number of hydrogen-bond acceptors (Lipinski definition) is 6. The summed E-state index contributed by atoms with van der Waals surface area (Å²) < 4.78 is 1.74. The van der Waals surface area contributed by atoms with Crippen LogP contribution < -0.4 is 10.6 Å². The number of piperidine rings is 1. The summed E-state index contributed by atoms with van der Waals surface area (Å²) in [5, 5.41) is 13.6. The summed E-state index contributed by atoms with van der Waals surface area (Å²) in [6, 6.07) is 13.3. The van der Waals surface area contributed by atoms with Crippen molar-refractivity contribution in [2.75, 3.05) is 18.4 Å². The highest BCUT2D eigenvalue weighted by Crippen LogP contribution is 2.33. The molecule has 3 aromatic rings. The first-order valence-corrected chi connectivity index (χ1v) is 14.1. The molecule has 5 rings (SSSR count). The molecule has 1 atom stereocenters. The molecule has 1 fully saturated rings. The van der Waals surface area contributed by atoms with Gasteiger partial charge in [0.1, 0.15) is 5.70 Å². The molecular formula is C28H31ClN6O2S. The van der Waals surface area contributed by atoms with Gasteiger partial charge in [0.2, 0.25) is 5.91 Å². The molecule has 2 N–H and O–H groups in total. The van der Waals surface area contributed by atoms with Crippen molar-refractivity contribution in [3.8, 4) is 5.82 Å². The van der Waals surface area contributed by atoms with Crippen LogP contribution in [0.5, 0.6) is 0 Å². The van der Waals surface area contributed by atoms with Crippen molar-refractivity contribution in [3.63, 3.8) is 0 Å². The summed E-state index contributed by atoms with van der Waals surface area (Å²) in [6.45, 7) is 5.35. The summed E-state index contributed by atoms with van der Waals surface area (Å²) >= 11 is 7.87. The van der Waals surface area contributed by atoms with Crippen molar-refractivity contribution in [3.05, 3.63) is 81.7 Å². The Morgan fingerprint density at radius 1 is 1.16 bits per heavy atom. The number of pyridine rings is 1. The number of halogens is 1. The summed E-state index contributed by atoms with van der Waals surface area (Å²) in [5.41, 5.74) is 3.98. The molecule has 38 heavy (non-hydrogen) atoms. The van der Waals surface area contributed by atoms with E-state index in [0.717, 1.165) is 42.9 Å². The summed E-state index contributed by atoms with van der Waals surface area (Å²) in [4.78, 5) is 32.3. The fraction of sp³-hybridized carbons (Fsp3) is 0.357. The molecule has 0 spiro atoms. The molecule has 2 aromatic heterocycles. The second-order valence-electron chi connectivity index (χ2n) is 9.71. The number of aryl methyl sites for hydroxylation is 3. The molecule has 8 nitrogen and oxygen atoms in total. The van der Waals surface area contributed by atoms with Gasteiger partial charge in [0.15, 0.2) is 5.82 Å². The monoisotopic (exact) mass is 550 g/mol. The number of amides is 2. The molecule has 10 heteroatoms. The number of aromatic nitrogens is 3. The number of nitrogens with zero attached hydrogens (tertiary/aromatic N) is 4. The summed E-state index contributed by atoms with van der Waals surface area (Å²) in [6.07, 6.45) is 4.60. The fourth-order valence-electron chi connectivity index (χ4n) is 4.96. The second kappa shape index (κ2) is 11.6. The first-order chi connectivity index (χ1) is 18.4. The van der Waals surface area contributed by atoms with E-state index in [0.29, 0.717) is 41.0 Å². The largest absolute Gasteiger partial charge is 0.368 e. The van der Waals surface area contributed by atoms with Gasteiger partial charge in [-0.05, 0) is 68.9 Å². The second-order valence-corrected chi connectivity index (χ2v) is 11.1. The van der Waals surface area contributed by atoms with Crippen molar-refractivity contribution < 1.29 is 9.59 Å². The molecule has 2 aliphatic rings. The van der Waals surface area contributed by atoms with Crippen molar-refractivity contribution in [2.24, 2.45) is 5.92 Å². The standard InChI is InChI=1S/C28H31ClN6O2S/c1-18-16-19(2)35(33-18)26-23(8-5-13-30-26)31-27(37)24-17-38-28(32-24)21-11-14-34(15-12-21)25(36)10-9-20-6-3-4-7-22(20)29/h3-8,13,16-17,21,28,32H,9-12,14-15H2,1-2H3,(H,31,37). The van der Waals surface area contributed by atoms with Crippen LogP contribution in [0.15, 0.2) is 59.8 Å². The highest BCUT2D eigenvalue weighted by molar-refractivity contribution is 8.03. The maximum absolute atomic E-state index is 13.1. The van der Waals surface area contributed by atoms with Gasteiger partial charge < -0.3 is 15.5 Å². The molecule has 1 saturated heterocycles. The average molecular weight is 551 g/mol. The Bertz CT molecular complexity index is 1360. The molecular weight excluding hydrogens is 520 g/mol. The number of thioether (sulfide) groups is 1. The topological polar surface area (TPSA) is 92.2 Å². The third-order valence-electron chi connectivity index (χ3n) is 7.01. The normalized spacial score (nSPS) is 17.7. The lowest BCUT2D eigenvalue weighted by Crippen LogP contribution is -2.43. The van der Waals surface area contributed by atoms with Crippen LogP contribution >= 0.6 is 23.4 Å². The predicted octanol–water partition coefficient (Wildman–Crippen LogP) is 4.85. The maximum atomic E-state index is 13.1. The fourth-order valence-corrected chi connectivity index (χ4v) is 6.34. The molecule has 0 bridgehead atoms. The van der Waals surface area contributed by atoms with Gasteiger partial charge in [-0.25, -0.2) is 9.67 Å². The molecule has 4 heterocycles. The number of hydrogen-bond donors (Lipinski definition) is 2. The Morgan fingerprint density at radius 3 is 2.68 bits per heavy atom. The third-order valence-corrected chi connectivity index (χ3v) is 8.54. The first kappa shape index (κ1) is 26.3. The minimum atomic E-state index is -0.206. The van der Waals surface area contributed by atoms with E-state index in [-0.39, 0.29) is 17.2 Å². The Hall–Kier alpha value is -3.30. The average Bonchev–Trinajstić information content (AvgIpc) is 3.55. The zero-order valence-electron chi connectivity index (χ0n) is 21.5. The smallest absolute Gasteiger partial charge is 0.272 e. The van der Waals surface area contributed by atoms with Gasteiger partial charge in [0.25, 0.3) is 5.91 Å². The van der Waals surface area contributed by atoms with E-state index >= 15 is 0 Å². The van der Waals surface area contributed by atoms with Crippen LogP contribution in [0.4, 0.5) is 5.69 Å². The lowest BCUT2D eigenvalue weighted by atomic mass is 9.95. The van der Waals surface area contributed by atoms with Crippen molar-refractivity contribution >= 4 is 40.9 Å². The third kappa shape index (κ3) is 5.89. The van der Waals surface area contributed by atoms with Crippen LogP contribution in [0.3, 0.4) is 0 Å². The number of carbonyl (C=O) groups excluding carboxylic acids is 2. The Morgan fingerprint density at radius 2 is 1.95 bits per heavy atom. The Balaban J connectivity index is 1.12. The molecule has 198 valence electrons. The van der Waals surface area contributed by atoms with Crippen molar-refractivity contribution in [2.45, 2.75) is 44.9 Å². The highest BCUT2D eigenvalue weighted by atomic mass is 35.5. The number of likely N-dealkylation sites (tertiary alicyclic amines) is 1. The van der Waals surface area contributed by atoms with E-state index in [1.54, 1.807) is 28.7 Å². The maximum Gasteiger partial charge on any atom is 0.272 e. The number of rotatable bonds is 7. The number of benzene rings is 1. The van der Waals surface area contributed by atoms with Crippen LogP contribution in [0.2, 0.25) is 5.02 Å². The first-order valence-electron chi connectivity index (χ1n) is 12.8. The van der Waals surface area contributed by atoms with Gasteiger partial charge in [0, 0.05) is 41.8 Å². The van der Waals surface area contributed by atoms with Gasteiger partial charge in [-0.1, -0.05) is 29.8 Å². The number of anilines is 1. The highest BCUT2D eigenvalue weighted by Gasteiger charge is 2.32. The van der Waals surface area contributed by atoms with E-state index in [1.165, 1.54) is 0 Å². The van der Waals surface area contributed by atoms with Gasteiger partial charge >= 0.3 is 0 Å². The zero-order valence-corrected chi connectivity index (χ0v) is 23.1. The van der Waals surface area contributed by atoms with Gasteiger partial charge in [-0.2, -0.15) is 5.10 Å². The molecule has 0 radical (unpaired) electrons. The van der Waals surface area contributed by atoms with Crippen LogP contribution in [-0.2, 0) is 16.0 Å². The number of carbonyl (C=O) groups is 2. The van der Waals surface area contributed by atoms with Gasteiger partial charge in [-0.15, -0.1) is 11.8 Å². The van der Waals surface area contributed by atoms with E-state index in [1.807, 2.05) is 60.6 Å². The van der Waals surface area contributed by atoms with E-state index in [9.17, 15) is 9.59 Å². The van der Waals surface area contributed by atoms with E-state index in [4.69, 9.17) is 11.6 Å².